The van der Waals surface area contributed by atoms with Gasteiger partial charge in [0.05, 0.1) is 24.7 Å². The Kier molecular flexibility index (Phi) is 4.49. The molecule has 0 unspecified atom stereocenters. The van der Waals surface area contributed by atoms with Crippen LogP contribution >= 0.6 is 0 Å². The summed E-state index contributed by atoms with van der Waals surface area (Å²) in [4.78, 5) is 12.3. The maximum Gasteiger partial charge on any atom is 0.573 e. The minimum atomic E-state index is -4.73. The van der Waals surface area contributed by atoms with Crippen LogP contribution in [0.15, 0.2) is 41.3 Å². The summed E-state index contributed by atoms with van der Waals surface area (Å²) in [6, 6.07) is 4.08. The Hall–Kier alpha value is -3.37. The predicted octanol–water partition coefficient (Wildman–Crippen LogP) is 3.46. The molecule has 0 radical (unpaired) electrons. The minimum Gasteiger partial charge on any atom is -0.491 e. The molecule has 0 atom stereocenters. The summed E-state index contributed by atoms with van der Waals surface area (Å²) in [6.45, 7) is 0. The van der Waals surface area contributed by atoms with Crippen molar-refractivity contribution in [3.05, 3.63) is 42.5 Å². The molecule has 3 heterocycles. The van der Waals surface area contributed by atoms with Crippen LogP contribution in [0.3, 0.4) is 0 Å². The van der Waals surface area contributed by atoms with Crippen LogP contribution in [0.5, 0.6) is 17.5 Å². The first-order valence-corrected chi connectivity index (χ1v) is 8.22. The Morgan fingerprint density at radius 1 is 1.07 bits per heavy atom. The molecule has 1 aliphatic carbocycles. The SMILES string of the molecule is Oc1cc(-c2cnc(O[C@H]3C[C@@H](c4ccc(OC(F)(F)F)cn4)C3)cn2)on1. The van der Waals surface area contributed by atoms with E-state index in [0.717, 1.165) is 6.20 Å². The third-order valence-corrected chi connectivity index (χ3v) is 4.17. The topological polar surface area (TPSA) is 103 Å². The van der Waals surface area contributed by atoms with Gasteiger partial charge < -0.3 is 19.1 Å². The fourth-order valence-electron chi connectivity index (χ4n) is 2.79. The lowest BCUT2D eigenvalue weighted by Gasteiger charge is -2.34. The summed E-state index contributed by atoms with van der Waals surface area (Å²) >= 11 is 0. The maximum absolute atomic E-state index is 12.2. The third-order valence-electron chi connectivity index (χ3n) is 4.17. The second kappa shape index (κ2) is 6.98. The van der Waals surface area contributed by atoms with Gasteiger partial charge in [0.1, 0.15) is 17.5 Å². The minimum absolute atomic E-state index is 0.0904. The van der Waals surface area contributed by atoms with E-state index in [1.54, 1.807) is 0 Å². The van der Waals surface area contributed by atoms with Gasteiger partial charge in [-0.2, -0.15) is 0 Å². The van der Waals surface area contributed by atoms with E-state index in [-0.39, 0.29) is 29.4 Å². The standard InChI is InChI=1S/C17H13F3N4O4/c18-17(19,20)27-10-1-2-12(21-6-10)9-3-11(4-9)26-16-8-22-13(7-23-16)14-5-15(25)24-28-14/h1-2,5-9,11H,3-4H2,(H,24,25)/t9-,11+. The van der Waals surface area contributed by atoms with E-state index in [0.29, 0.717) is 30.1 Å². The van der Waals surface area contributed by atoms with Gasteiger partial charge in [-0.15, -0.1) is 13.2 Å². The Labute approximate surface area is 156 Å². The summed E-state index contributed by atoms with van der Waals surface area (Å²) in [5, 5.41) is 12.5. The molecule has 146 valence electrons. The highest BCUT2D eigenvalue weighted by molar-refractivity contribution is 5.51. The Balaban J connectivity index is 1.29. The van der Waals surface area contributed by atoms with E-state index in [9.17, 15) is 18.3 Å². The fourth-order valence-corrected chi connectivity index (χ4v) is 2.79. The van der Waals surface area contributed by atoms with Crippen molar-refractivity contribution >= 4 is 0 Å². The molecule has 0 aromatic carbocycles. The normalized spacial score (nSPS) is 19.1. The lowest BCUT2D eigenvalue weighted by Crippen LogP contribution is -2.33. The maximum atomic E-state index is 12.2. The van der Waals surface area contributed by atoms with Crippen molar-refractivity contribution in [3.63, 3.8) is 0 Å². The van der Waals surface area contributed by atoms with Crippen molar-refractivity contribution in [3.8, 4) is 29.0 Å². The molecule has 0 aliphatic heterocycles. The lowest BCUT2D eigenvalue weighted by atomic mass is 9.80. The highest BCUT2D eigenvalue weighted by Gasteiger charge is 2.34. The molecule has 4 rings (SSSR count). The molecule has 11 heteroatoms. The van der Waals surface area contributed by atoms with Crippen molar-refractivity contribution in [2.24, 2.45) is 0 Å². The molecule has 3 aromatic heterocycles. The van der Waals surface area contributed by atoms with E-state index in [2.05, 4.69) is 24.8 Å². The van der Waals surface area contributed by atoms with E-state index in [1.165, 1.54) is 30.6 Å². The Bertz CT molecular complexity index is 938. The average molecular weight is 394 g/mol. The molecule has 1 saturated carbocycles. The van der Waals surface area contributed by atoms with Gasteiger partial charge in [-0.3, -0.25) is 4.98 Å². The molecular formula is C17H13F3N4O4. The molecule has 0 amide bonds. The zero-order valence-electron chi connectivity index (χ0n) is 14.1. The largest absolute Gasteiger partial charge is 0.573 e. The molecule has 0 saturated heterocycles. The van der Waals surface area contributed by atoms with Gasteiger partial charge in [0.25, 0.3) is 5.88 Å². The van der Waals surface area contributed by atoms with Gasteiger partial charge in [-0.25, -0.2) is 9.97 Å². The van der Waals surface area contributed by atoms with E-state index in [1.807, 2.05) is 0 Å². The number of rotatable bonds is 5. The van der Waals surface area contributed by atoms with Gasteiger partial charge in [0, 0.05) is 11.6 Å². The van der Waals surface area contributed by atoms with E-state index < -0.39 is 6.36 Å². The molecule has 0 bridgehead atoms. The number of ether oxygens (including phenoxy) is 2. The molecular weight excluding hydrogens is 381 g/mol. The number of aromatic nitrogens is 4. The number of halogens is 3. The van der Waals surface area contributed by atoms with Crippen LogP contribution in [0.25, 0.3) is 11.5 Å². The van der Waals surface area contributed by atoms with Crippen LogP contribution in [0, 0.1) is 0 Å². The summed E-state index contributed by atoms with van der Waals surface area (Å²) < 4.78 is 50.9. The Morgan fingerprint density at radius 2 is 1.89 bits per heavy atom. The van der Waals surface area contributed by atoms with Gasteiger partial charge in [-0.05, 0) is 30.1 Å². The molecule has 1 aliphatic rings. The monoisotopic (exact) mass is 394 g/mol. The molecule has 1 fully saturated rings. The second-order valence-corrected chi connectivity index (χ2v) is 6.16. The zero-order valence-corrected chi connectivity index (χ0v) is 14.1. The van der Waals surface area contributed by atoms with Gasteiger partial charge >= 0.3 is 6.36 Å². The third kappa shape index (κ3) is 4.13. The first-order valence-electron chi connectivity index (χ1n) is 8.22. The summed E-state index contributed by atoms with van der Waals surface area (Å²) in [5.41, 5.74) is 1.08. The van der Waals surface area contributed by atoms with Crippen LogP contribution in [0.2, 0.25) is 0 Å². The van der Waals surface area contributed by atoms with Crippen molar-refractivity contribution < 1.29 is 32.3 Å². The first kappa shape index (κ1) is 18.0. The number of hydrogen-bond acceptors (Lipinski definition) is 8. The first-order chi connectivity index (χ1) is 13.4. The van der Waals surface area contributed by atoms with E-state index in [4.69, 9.17) is 9.26 Å². The van der Waals surface area contributed by atoms with Crippen LogP contribution in [-0.4, -0.2) is 37.7 Å². The quantitative estimate of drug-likeness (QED) is 0.702. The average Bonchev–Trinajstić information content (AvgIpc) is 3.04. The number of hydrogen-bond donors (Lipinski definition) is 1. The Morgan fingerprint density at radius 3 is 2.46 bits per heavy atom. The number of alkyl halides is 3. The van der Waals surface area contributed by atoms with E-state index >= 15 is 0 Å². The van der Waals surface area contributed by atoms with Gasteiger partial charge in [0.15, 0.2) is 5.76 Å². The van der Waals surface area contributed by atoms with Gasteiger partial charge in [-0.1, -0.05) is 0 Å². The highest BCUT2D eigenvalue weighted by Crippen LogP contribution is 2.38. The van der Waals surface area contributed by atoms with Crippen LogP contribution in [-0.2, 0) is 0 Å². The fraction of sp³-hybridized carbons (Fsp3) is 0.294. The van der Waals surface area contributed by atoms with Crippen molar-refractivity contribution in [1.29, 1.82) is 0 Å². The summed E-state index contributed by atoms with van der Waals surface area (Å²) in [5.74, 6) is 0.111. The molecule has 1 N–H and O–H groups in total. The zero-order chi connectivity index (χ0) is 19.7. The predicted molar refractivity (Wildman–Crippen MR) is 86.5 cm³/mol. The summed E-state index contributed by atoms with van der Waals surface area (Å²) in [7, 11) is 0. The molecule has 8 nitrogen and oxygen atoms in total. The molecule has 0 spiro atoms. The smallest absolute Gasteiger partial charge is 0.491 e. The second-order valence-electron chi connectivity index (χ2n) is 6.16. The van der Waals surface area contributed by atoms with Crippen LogP contribution in [0.1, 0.15) is 24.5 Å². The number of pyridine rings is 1. The van der Waals surface area contributed by atoms with Crippen LogP contribution < -0.4 is 9.47 Å². The van der Waals surface area contributed by atoms with Crippen molar-refractivity contribution in [2.75, 3.05) is 0 Å². The van der Waals surface area contributed by atoms with Crippen LogP contribution in [0.4, 0.5) is 13.2 Å². The number of nitrogens with zero attached hydrogens (tertiary/aromatic N) is 4. The highest BCUT2D eigenvalue weighted by atomic mass is 19.4. The van der Waals surface area contributed by atoms with Gasteiger partial charge in [0.2, 0.25) is 5.88 Å². The molecule has 28 heavy (non-hydrogen) atoms. The van der Waals surface area contributed by atoms with Crippen molar-refractivity contribution in [2.45, 2.75) is 31.2 Å². The summed E-state index contributed by atoms with van der Waals surface area (Å²) in [6.07, 6.45) is 0.423. The molecule has 3 aromatic rings. The lowest BCUT2D eigenvalue weighted by molar-refractivity contribution is -0.274. The number of aromatic hydroxyl groups is 1. The van der Waals surface area contributed by atoms with Crippen molar-refractivity contribution in [1.82, 2.24) is 20.1 Å².